The van der Waals surface area contributed by atoms with E-state index in [1.54, 1.807) is 48.5 Å². The number of hydrogen-bond donors (Lipinski definition) is 0. The highest BCUT2D eigenvalue weighted by Crippen LogP contribution is 2.62. The maximum Gasteiger partial charge on any atom is 0.183 e. The van der Waals surface area contributed by atoms with Gasteiger partial charge in [-0.1, -0.05) is 146 Å². The molecule has 0 unspecified atom stereocenters. The predicted octanol–water partition coefficient (Wildman–Crippen LogP) is 9.63. The maximum absolute atomic E-state index is 16.0. The highest BCUT2D eigenvalue weighted by atomic mass is 16.2. The van der Waals surface area contributed by atoms with Crippen LogP contribution in [0.4, 0.5) is 0 Å². The zero-order valence-corrected chi connectivity index (χ0v) is 26.6. The van der Waals surface area contributed by atoms with Gasteiger partial charge in [0.15, 0.2) is 23.1 Å². The van der Waals surface area contributed by atoms with Gasteiger partial charge in [-0.15, -0.1) is 0 Å². The summed E-state index contributed by atoms with van der Waals surface area (Å²) in [5.41, 5.74) is -3.04. The van der Waals surface area contributed by atoms with Gasteiger partial charge >= 0.3 is 0 Å². The first kappa shape index (κ1) is 28.5. The van der Waals surface area contributed by atoms with Gasteiger partial charge in [0.05, 0.1) is 0 Å². The summed E-state index contributed by atoms with van der Waals surface area (Å²) in [7, 11) is 0. The molecule has 0 atom stereocenters. The lowest BCUT2D eigenvalue weighted by atomic mass is 9.50. The van der Waals surface area contributed by atoms with Gasteiger partial charge in [-0.05, 0) is 66.3 Å². The highest BCUT2D eigenvalue weighted by Gasteiger charge is 2.76. The second-order valence-corrected chi connectivity index (χ2v) is 13.3. The van der Waals surface area contributed by atoms with Crippen LogP contribution in [-0.2, 0) is 10.8 Å². The lowest BCUT2D eigenvalue weighted by Crippen LogP contribution is -2.62. The van der Waals surface area contributed by atoms with Crippen LogP contribution in [0.15, 0.2) is 158 Å². The third kappa shape index (κ3) is 3.26. The Bertz CT molecular complexity index is 2490. The number of carbonyl (C=O) groups is 4. The monoisotopic (exact) mass is 642 g/mol. The minimum Gasteiger partial charge on any atom is -0.293 e. The van der Waals surface area contributed by atoms with Gasteiger partial charge in [0.25, 0.3) is 0 Å². The van der Waals surface area contributed by atoms with Crippen LogP contribution in [0.1, 0.15) is 52.6 Å². The van der Waals surface area contributed by atoms with Gasteiger partial charge in [-0.2, -0.15) is 0 Å². The van der Waals surface area contributed by atoms with Crippen LogP contribution < -0.4 is 0 Å². The number of Topliss-reactive ketones (excluding diaryl/α,β-unsaturated/α-hetero) is 4. The second-order valence-electron chi connectivity index (χ2n) is 13.3. The van der Waals surface area contributed by atoms with Gasteiger partial charge in [-0.25, -0.2) is 0 Å². The molecular formula is C46H26O4. The summed E-state index contributed by atoms with van der Waals surface area (Å²) >= 11 is 0. The molecule has 50 heavy (non-hydrogen) atoms. The van der Waals surface area contributed by atoms with Crippen molar-refractivity contribution in [1.29, 1.82) is 0 Å². The fraction of sp³-hybridized carbons (Fsp3) is 0.0435. The Morgan fingerprint density at radius 3 is 0.760 bits per heavy atom. The zero-order chi connectivity index (χ0) is 33.8. The molecule has 0 bridgehead atoms. The molecule has 2 aliphatic carbocycles. The molecule has 8 aromatic carbocycles. The summed E-state index contributed by atoms with van der Waals surface area (Å²) in [5, 5.41) is 5.75. The van der Waals surface area contributed by atoms with Gasteiger partial charge in [0, 0.05) is 22.3 Å². The van der Waals surface area contributed by atoms with Crippen LogP contribution in [0.2, 0.25) is 0 Å². The quantitative estimate of drug-likeness (QED) is 0.142. The molecule has 0 saturated heterocycles. The SMILES string of the molecule is O=C1c2ccccc2C(=O)C1(c1c2ccccc2cc2ccccc12)C1(c2c3ccccc3cc3ccccc23)C(=O)c2ccccc2C1=O. The first-order valence-corrected chi connectivity index (χ1v) is 16.7. The molecule has 0 amide bonds. The largest absolute Gasteiger partial charge is 0.293 e. The third-order valence-electron chi connectivity index (χ3n) is 11.1. The minimum atomic E-state index is -2.31. The van der Waals surface area contributed by atoms with Crippen molar-refractivity contribution in [1.82, 2.24) is 0 Å². The van der Waals surface area contributed by atoms with E-state index in [2.05, 4.69) is 0 Å². The van der Waals surface area contributed by atoms with Gasteiger partial charge < -0.3 is 0 Å². The summed E-state index contributed by atoms with van der Waals surface area (Å²) in [5.74, 6) is -2.20. The molecule has 4 heteroatoms. The van der Waals surface area contributed by atoms with Crippen LogP contribution in [0.5, 0.6) is 0 Å². The predicted molar refractivity (Wildman–Crippen MR) is 196 cm³/mol. The molecule has 2 aliphatic rings. The number of ketones is 4. The van der Waals surface area contributed by atoms with E-state index in [-0.39, 0.29) is 22.3 Å². The fourth-order valence-electron chi connectivity index (χ4n) is 9.12. The van der Waals surface area contributed by atoms with Crippen molar-refractivity contribution >= 4 is 66.2 Å². The first-order chi connectivity index (χ1) is 24.5. The smallest absolute Gasteiger partial charge is 0.183 e. The number of fused-ring (bicyclic) bond motifs is 6. The molecule has 4 nitrogen and oxygen atoms in total. The maximum atomic E-state index is 16.0. The highest BCUT2D eigenvalue weighted by molar-refractivity contribution is 6.47. The van der Waals surface area contributed by atoms with Crippen molar-refractivity contribution in [3.63, 3.8) is 0 Å². The van der Waals surface area contributed by atoms with Crippen molar-refractivity contribution in [2.24, 2.45) is 0 Å². The van der Waals surface area contributed by atoms with Crippen molar-refractivity contribution < 1.29 is 19.2 Å². The molecule has 0 aromatic heterocycles. The number of hydrogen-bond acceptors (Lipinski definition) is 4. The van der Waals surface area contributed by atoms with E-state index in [4.69, 9.17) is 0 Å². The van der Waals surface area contributed by atoms with Crippen molar-refractivity contribution in [2.75, 3.05) is 0 Å². The number of benzene rings is 8. The van der Waals surface area contributed by atoms with Crippen LogP contribution >= 0.6 is 0 Å². The lowest BCUT2D eigenvalue weighted by molar-refractivity contribution is 0.0564. The van der Waals surface area contributed by atoms with Crippen LogP contribution in [0.25, 0.3) is 43.1 Å². The standard InChI is InChI=1S/C46H26O4/c47-41-35-21-9-10-22-36(35)42(48)45(41,39-31-17-5-1-13-27(31)25-28-14-2-6-18-32(28)39)46(43(49)37-23-11-12-24-38(37)44(46)50)40-33-19-7-3-15-29(33)26-30-16-4-8-20-34(30)40/h1-26H. The molecule has 0 saturated carbocycles. The Hall–Kier alpha value is -6.52. The molecule has 0 fully saturated rings. The minimum absolute atomic E-state index is 0.204. The van der Waals surface area contributed by atoms with Gasteiger partial charge in [-0.3, -0.25) is 19.2 Å². The summed E-state index contributed by atoms with van der Waals surface area (Å²) in [6.45, 7) is 0. The molecule has 0 radical (unpaired) electrons. The Balaban J connectivity index is 1.54. The third-order valence-corrected chi connectivity index (χ3v) is 11.1. The summed E-state index contributed by atoms with van der Waals surface area (Å²) in [6, 6.07) is 48.1. The van der Waals surface area contributed by atoms with E-state index in [1.165, 1.54) is 0 Å². The number of carbonyl (C=O) groups excluding carboxylic acids is 4. The van der Waals surface area contributed by atoms with E-state index in [0.717, 1.165) is 21.5 Å². The van der Waals surface area contributed by atoms with Crippen molar-refractivity contribution in [3.8, 4) is 0 Å². The summed E-state index contributed by atoms with van der Waals surface area (Å²) in [6.07, 6.45) is 0. The first-order valence-electron chi connectivity index (χ1n) is 16.7. The van der Waals surface area contributed by atoms with E-state index < -0.39 is 34.0 Å². The zero-order valence-electron chi connectivity index (χ0n) is 26.6. The summed E-state index contributed by atoms with van der Waals surface area (Å²) < 4.78 is 0. The number of rotatable bonds is 3. The second kappa shape index (κ2) is 10.0. The van der Waals surface area contributed by atoms with Gasteiger partial charge in [0.1, 0.15) is 10.8 Å². The summed E-state index contributed by atoms with van der Waals surface area (Å²) in [4.78, 5) is 63.9. The molecule has 10 rings (SSSR count). The Morgan fingerprint density at radius 1 is 0.280 bits per heavy atom. The van der Waals surface area contributed by atoms with Crippen molar-refractivity contribution in [3.05, 3.63) is 191 Å². The van der Waals surface area contributed by atoms with Crippen LogP contribution in [0.3, 0.4) is 0 Å². The topological polar surface area (TPSA) is 68.3 Å². The average Bonchev–Trinajstić information content (AvgIpc) is 3.53. The van der Waals surface area contributed by atoms with E-state index in [1.807, 2.05) is 109 Å². The van der Waals surface area contributed by atoms with Crippen molar-refractivity contribution in [2.45, 2.75) is 10.8 Å². The molecule has 0 N–H and O–H groups in total. The molecule has 234 valence electrons. The Morgan fingerprint density at radius 2 is 0.500 bits per heavy atom. The van der Waals surface area contributed by atoms with E-state index >= 15 is 19.2 Å². The molecule has 0 aliphatic heterocycles. The normalized spacial score (nSPS) is 16.1. The molecule has 0 heterocycles. The van der Waals surface area contributed by atoms with Crippen LogP contribution in [-0.4, -0.2) is 23.1 Å². The molecular weight excluding hydrogens is 617 g/mol. The fourth-order valence-corrected chi connectivity index (χ4v) is 9.12. The average molecular weight is 643 g/mol. The Labute approximate surface area is 286 Å². The van der Waals surface area contributed by atoms with Crippen LogP contribution in [0, 0.1) is 0 Å². The van der Waals surface area contributed by atoms with Gasteiger partial charge in [0.2, 0.25) is 0 Å². The Kier molecular flexibility index (Phi) is 5.70. The lowest BCUT2D eigenvalue weighted by Gasteiger charge is -2.44. The van der Waals surface area contributed by atoms with E-state index in [9.17, 15) is 0 Å². The van der Waals surface area contributed by atoms with E-state index in [0.29, 0.717) is 32.7 Å². The molecule has 0 spiro atoms. The molecule has 8 aromatic rings.